The highest BCUT2D eigenvalue weighted by atomic mass is 16.4. The number of carboxylic acids is 1. The Labute approximate surface area is 149 Å². The summed E-state index contributed by atoms with van der Waals surface area (Å²) in [5.41, 5.74) is -0.630. The molecule has 0 saturated heterocycles. The molecule has 1 N–H and O–H groups in total. The maximum absolute atomic E-state index is 11.0. The number of carboxylic acid groups (broad SMARTS) is 1. The second kappa shape index (κ2) is 15.0. The van der Waals surface area contributed by atoms with Gasteiger partial charge in [-0.1, -0.05) is 68.4 Å². The van der Waals surface area contributed by atoms with Gasteiger partial charge in [-0.05, 0) is 58.8 Å². The minimum Gasteiger partial charge on any atom is -0.481 e. The molecule has 24 heavy (non-hydrogen) atoms. The van der Waals surface area contributed by atoms with E-state index >= 15 is 0 Å². The van der Waals surface area contributed by atoms with Gasteiger partial charge in [0.1, 0.15) is 0 Å². The van der Waals surface area contributed by atoms with E-state index in [9.17, 15) is 4.79 Å². The summed E-state index contributed by atoms with van der Waals surface area (Å²) in [4.78, 5) is 11.0. The van der Waals surface area contributed by atoms with Gasteiger partial charge in [-0.25, -0.2) is 0 Å². The molecule has 0 spiro atoms. The molecule has 0 aromatic rings. The van der Waals surface area contributed by atoms with Crippen LogP contribution < -0.4 is 0 Å². The van der Waals surface area contributed by atoms with E-state index < -0.39 is 11.4 Å². The average molecular weight is 333 g/mol. The van der Waals surface area contributed by atoms with E-state index in [0.29, 0.717) is 6.42 Å². The molecule has 2 heteroatoms. The zero-order valence-electron chi connectivity index (χ0n) is 15.8. The molecule has 0 amide bonds. The fourth-order valence-corrected chi connectivity index (χ4v) is 2.11. The van der Waals surface area contributed by atoms with Crippen LogP contribution in [0.2, 0.25) is 0 Å². The van der Waals surface area contributed by atoms with Gasteiger partial charge >= 0.3 is 5.97 Å². The molecule has 2 nitrogen and oxygen atoms in total. The van der Waals surface area contributed by atoms with Crippen molar-refractivity contribution in [2.24, 2.45) is 5.41 Å². The first-order valence-corrected chi connectivity index (χ1v) is 9.34. The lowest BCUT2D eigenvalue weighted by Gasteiger charge is -2.17. The summed E-state index contributed by atoms with van der Waals surface area (Å²) in [5.74, 6) is -0.724. The van der Waals surface area contributed by atoms with Crippen molar-refractivity contribution in [3.8, 4) is 0 Å². The molecule has 0 saturated carbocycles. The minimum atomic E-state index is -0.724. The monoisotopic (exact) mass is 332 g/mol. The van der Waals surface area contributed by atoms with Gasteiger partial charge in [0.25, 0.3) is 0 Å². The van der Waals surface area contributed by atoms with Crippen molar-refractivity contribution in [1.29, 1.82) is 0 Å². The van der Waals surface area contributed by atoms with Crippen molar-refractivity contribution in [3.63, 3.8) is 0 Å². The van der Waals surface area contributed by atoms with Crippen LogP contribution in [0.25, 0.3) is 0 Å². The smallest absolute Gasteiger partial charge is 0.309 e. The number of unbranched alkanes of at least 4 members (excludes halogenated alkanes) is 3. The van der Waals surface area contributed by atoms with Crippen molar-refractivity contribution < 1.29 is 9.90 Å². The van der Waals surface area contributed by atoms with E-state index in [4.69, 9.17) is 5.11 Å². The third kappa shape index (κ3) is 14.0. The first kappa shape index (κ1) is 22.4. The fourth-order valence-electron chi connectivity index (χ4n) is 2.11. The van der Waals surface area contributed by atoms with Crippen LogP contribution in [0, 0.1) is 5.41 Å². The van der Waals surface area contributed by atoms with E-state index in [1.807, 2.05) is 0 Å². The molecule has 0 aliphatic heterocycles. The van der Waals surface area contributed by atoms with Crippen LogP contribution in [-0.2, 0) is 4.79 Å². The van der Waals surface area contributed by atoms with Crippen LogP contribution in [-0.4, -0.2) is 11.1 Å². The molecule has 0 bridgehead atoms. The van der Waals surface area contributed by atoms with Gasteiger partial charge in [-0.3, -0.25) is 4.79 Å². The van der Waals surface area contributed by atoms with Crippen LogP contribution in [0.5, 0.6) is 0 Å². The molecule has 0 radical (unpaired) electrons. The van der Waals surface area contributed by atoms with Crippen LogP contribution >= 0.6 is 0 Å². The Morgan fingerprint density at radius 3 is 1.71 bits per heavy atom. The first-order chi connectivity index (χ1) is 11.5. The zero-order valence-corrected chi connectivity index (χ0v) is 15.8. The summed E-state index contributed by atoms with van der Waals surface area (Å²) in [5, 5.41) is 9.02. The Kier molecular flexibility index (Phi) is 14.0. The lowest BCUT2D eigenvalue weighted by molar-refractivity contribution is -0.147. The summed E-state index contributed by atoms with van der Waals surface area (Å²) in [6, 6.07) is 0. The Hall–Kier alpha value is -1.57. The third-order valence-electron chi connectivity index (χ3n) is 3.97. The van der Waals surface area contributed by atoms with Crippen molar-refractivity contribution >= 4 is 5.97 Å². The number of carbonyl (C=O) groups is 1. The molecule has 0 unspecified atom stereocenters. The molecule has 0 rings (SSSR count). The second-order valence-electron chi connectivity index (χ2n) is 6.82. The Bertz CT molecular complexity index is 425. The Morgan fingerprint density at radius 1 is 0.792 bits per heavy atom. The second-order valence-corrected chi connectivity index (χ2v) is 6.82. The maximum atomic E-state index is 11.0. The number of rotatable bonds is 14. The van der Waals surface area contributed by atoms with E-state index in [0.717, 1.165) is 25.7 Å². The topological polar surface area (TPSA) is 37.3 Å². The van der Waals surface area contributed by atoms with Crippen molar-refractivity contribution in [1.82, 2.24) is 0 Å². The summed E-state index contributed by atoms with van der Waals surface area (Å²) < 4.78 is 0. The normalized spacial score (nSPS) is 13.1. The number of hydrogen-bond acceptors (Lipinski definition) is 1. The predicted octanol–water partition coefficient (Wildman–Crippen LogP) is 6.85. The first-order valence-electron chi connectivity index (χ1n) is 9.34. The van der Waals surface area contributed by atoms with Crippen molar-refractivity contribution in [2.75, 3.05) is 0 Å². The summed E-state index contributed by atoms with van der Waals surface area (Å²) in [7, 11) is 0. The molecule has 0 fully saturated rings. The van der Waals surface area contributed by atoms with Gasteiger partial charge in [-0.2, -0.15) is 0 Å². The van der Waals surface area contributed by atoms with E-state index in [2.05, 4.69) is 55.5 Å². The van der Waals surface area contributed by atoms with Gasteiger partial charge in [0.2, 0.25) is 0 Å². The van der Waals surface area contributed by atoms with Gasteiger partial charge < -0.3 is 5.11 Å². The fraction of sp³-hybridized carbons (Fsp3) is 0.591. The lowest BCUT2D eigenvalue weighted by Crippen LogP contribution is -2.22. The number of aliphatic carboxylic acids is 1. The van der Waals surface area contributed by atoms with Crippen LogP contribution in [0.1, 0.15) is 78.6 Å². The predicted molar refractivity (Wildman–Crippen MR) is 105 cm³/mol. The van der Waals surface area contributed by atoms with E-state index in [1.165, 1.54) is 25.7 Å². The van der Waals surface area contributed by atoms with E-state index in [1.54, 1.807) is 13.8 Å². The van der Waals surface area contributed by atoms with Gasteiger partial charge in [0.05, 0.1) is 5.41 Å². The summed E-state index contributed by atoms with van der Waals surface area (Å²) in [6.07, 6.45) is 27.0. The van der Waals surface area contributed by atoms with Gasteiger partial charge in [0.15, 0.2) is 0 Å². The maximum Gasteiger partial charge on any atom is 0.309 e. The molecule has 0 aliphatic carbocycles. The summed E-state index contributed by atoms with van der Waals surface area (Å²) in [6.45, 7) is 5.78. The minimum absolute atomic E-state index is 0.630. The van der Waals surface area contributed by atoms with Crippen molar-refractivity contribution in [3.05, 3.63) is 48.6 Å². The molecule has 0 aromatic heterocycles. The van der Waals surface area contributed by atoms with Crippen molar-refractivity contribution in [2.45, 2.75) is 78.6 Å². The molecule has 136 valence electrons. The lowest BCUT2D eigenvalue weighted by atomic mass is 9.88. The van der Waals surface area contributed by atoms with Crippen LogP contribution in [0.3, 0.4) is 0 Å². The van der Waals surface area contributed by atoms with Crippen LogP contribution in [0.4, 0.5) is 0 Å². The number of hydrogen-bond donors (Lipinski definition) is 1. The third-order valence-corrected chi connectivity index (χ3v) is 3.97. The molecule has 0 heterocycles. The molecular weight excluding hydrogens is 296 g/mol. The zero-order chi connectivity index (χ0) is 18.1. The van der Waals surface area contributed by atoms with Gasteiger partial charge in [-0.15, -0.1) is 0 Å². The SMILES string of the molecule is CCCCC/C=C\C/C=C\C/C=C\C/C=C\CCC(C)(C)C(=O)O. The average Bonchev–Trinajstić information content (AvgIpc) is 2.54. The van der Waals surface area contributed by atoms with Gasteiger partial charge in [0, 0.05) is 0 Å². The molecule has 0 atom stereocenters. The summed E-state index contributed by atoms with van der Waals surface area (Å²) >= 11 is 0. The molecule has 0 aliphatic rings. The standard InChI is InChI=1S/C22H36O2/c1-4-5-6-7-8-9-10-11-12-13-14-15-16-17-18-19-20-22(2,3)21(23)24/h8-9,11-12,14-15,17-18H,4-7,10,13,16,19-20H2,1-3H3,(H,23,24)/b9-8-,12-11-,15-14-,18-17-. The highest BCUT2D eigenvalue weighted by molar-refractivity contribution is 5.73. The molecular formula is C22H36O2. The highest BCUT2D eigenvalue weighted by Gasteiger charge is 2.25. The Morgan fingerprint density at radius 2 is 1.25 bits per heavy atom. The molecule has 0 aromatic carbocycles. The largest absolute Gasteiger partial charge is 0.481 e. The quantitative estimate of drug-likeness (QED) is 0.279. The van der Waals surface area contributed by atoms with Crippen LogP contribution in [0.15, 0.2) is 48.6 Å². The Balaban J connectivity index is 3.60. The highest BCUT2D eigenvalue weighted by Crippen LogP contribution is 2.22. The number of allylic oxidation sites excluding steroid dienone is 8. The van der Waals surface area contributed by atoms with E-state index in [-0.39, 0.29) is 0 Å².